The number of halogens is 1. The molecular weight excluding hydrogens is 302 g/mol. The molecule has 2 heterocycles. The summed E-state index contributed by atoms with van der Waals surface area (Å²) >= 11 is 8.08. The third-order valence-corrected chi connectivity index (χ3v) is 4.85. The summed E-state index contributed by atoms with van der Waals surface area (Å²) in [5, 5.41) is 0.980. The van der Waals surface area contributed by atoms with Crippen LogP contribution in [0.4, 0.5) is 0 Å². The molecule has 0 aliphatic carbocycles. The van der Waals surface area contributed by atoms with Gasteiger partial charge in [0.2, 0.25) is 0 Å². The van der Waals surface area contributed by atoms with E-state index >= 15 is 0 Å². The van der Waals surface area contributed by atoms with Crippen molar-refractivity contribution in [1.82, 2.24) is 14.5 Å². The monoisotopic (exact) mass is 319 g/mol. The number of aryl methyl sites for hydroxylation is 2. The topological polar surface area (TPSA) is 30.7 Å². The van der Waals surface area contributed by atoms with E-state index in [9.17, 15) is 0 Å². The summed E-state index contributed by atoms with van der Waals surface area (Å²) in [4.78, 5) is 10.5. The van der Waals surface area contributed by atoms with E-state index in [1.54, 1.807) is 11.3 Å². The number of alkyl halides is 1. The van der Waals surface area contributed by atoms with Crippen molar-refractivity contribution in [3.8, 4) is 0 Å². The highest BCUT2D eigenvalue weighted by atomic mass is 35.5. The molecule has 5 heteroatoms. The Morgan fingerprint density at radius 3 is 2.86 bits per heavy atom. The fourth-order valence-electron chi connectivity index (χ4n) is 2.45. The summed E-state index contributed by atoms with van der Waals surface area (Å²) in [5.74, 6) is 0.908. The summed E-state index contributed by atoms with van der Waals surface area (Å²) in [6.45, 7) is 6.93. The molecule has 0 aliphatic rings. The van der Waals surface area contributed by atoms with E-state index in [2.05, 4.69) is 41.6 Å². The van der Waals surface area contributed by atoms with Crippen LogP contribution in [-0.2, 0) is 13.0 Å². The van der Waals surface area contributed by atoms with Gasteiger partial charge in [-0.25, -0.2) is 9.97 Å². The molecule has 2 aromatic heterocycles. The van der Waals surface area contributed by atoms with Crippen LogP contribution in [0.2, 0.25) is 0 Å². The lowest BCUT2D eigenvalue weighted by molar-refractivity contribution is 0.738. The van der Waals surface area contributed by atoms with Crippen molar-refractivity contribution >= 4 is 34.0 Å². The molecule has 0 saturated heterocycles. The van der Waals surface area contributed by atoms with Crippen LogP contribution in [-0.4, -0.2) is 14.5 Å². The Morgan fingerprint density at radius 1 is 1.38 bits per heavy atom. The van der Waals surface area contributed by atoms with Crippen LogP contribution in [0.15, 0.2) is 24.4 Å². The maximum Gasteiger partial charge on any atom is 0.128 e. The van der Waals surface area contributed by atoms with E-state index in [1.165, 1.54) is 10.4 Å². The Labute approximate surface area is 133 Å². The van der Waals surface area contributed by atoms with Crippen LogP contribution in [0.1, 0.15) is 40.5 Å². The van der Waals surface area contributed by atoms with E-state index < -0.39 is 0 Å². The third-order valence-electron chi connectivity index (χ3n) is 3.53. The smallest absolute Gasteiger partial charge is 0.128 e. The number of thiazole rings is 1. The second-order valence-electron chi connectivity index (χ2n) is 5.24. The zero-order chi connectivity index (χ0) is 15.0. The van der Waals surface area contributed by atoms with E-state index in [1.807, 2.05) is 13.1 Å². The van der Waals surface area contributed by atoms with Gasteiger partial charge in [-0.3, -0.25) is 0 Å². The predicted molar refractivity (Wildman–Crippen MR) is 89.3 cm³/mol. The summed E-state index contributed by atoms with van der Waals surface area (Å²) in [5.41, 5.74) is 3.34. The zero-order valence-corrected chi connectivity index (χ0v) is 14.0. The van der Waals surface area contributed by atoms with Crippen molar-refractivity contribution in [3.63, 3.8) is 0 Å². The molecule has 0 N–H and O–H groups in total. The van der Waals surface area contributed by atoms with Crippen LogP contribution in [0, 0.1) is 6.92 Å². The molecule has 3 nitrogen and oxygen atoms in total. The maximum absolute atomic E-state index is 6.32. The van der Waals surface area contributed by atoms with Crippen LogP contribution in [0.25, 0.3) is 11.0 Å². The molecule has 0 saturated carbocycles. The van der Waals surface area contributed by atoms with Gasteiger partial charge in [0.25, 0.3) is 0 Å². The highest BCUT2D eigenvalue weighted by Gasteiger charge is 2.16. The highest BCUT2D eigenvalue weighted by Crippen LogP contribution is 2.27. The van der Waals surface area contributed by atoms with Gasteiger partial charge >= 0.3 is 0 Å². The Balaban J connectivity index is 2.08. The first-order valence-electron chi connectivity index (χ1n) is 7.13. The van der Waals surface area contributed by atoms with Crippen molar-refractivity contribution in [1.29, 1.82) is 0 Å². The SMILES string of the molecule is CCc1cnc(Cn2c(C(C)Cl)nc3cc(C)ccc32)s1. The predicted octanol–water partition coefficient (Wildman–Crippen LogP) is 4.71. The minimum absolute atomic E-state index is 0.122. The van der Waals surface area contributed by atoms with Gasteiger partial charge in [0.15, 0.2) is 0 Å². The highest BCUT2D eigenvalue weighted by molar-refractivity contribution is 7.11. The van der Waals surface area contributed by atoms with Crippen LogP contribution >= 0.6 is 22.9 Å². The second kappa shape index (κ2) is 5.78. The van der Waals surface area contributed by atoms with Gasteiger partial charge in [0, 0.05) is 11.1 Å². The average Bonchev–Trinajstić information content (AvgIpc) is 3.04. The molecule has 110 valence electrons. The summed E-state index contributed by atoms with van der Waals surface area (Å²) in [7, 11) is 0. The molecule has 0 fully saturated rings. The van der Waals surface area contributed by atoms with Crippen molar-refractivity contribution in [3.05, 3.63) is 45.7 Å². The fraction of sp³-hybridized carbons (Fsp3) is 0.375. The fourth-order valence-corrected chi connectivity index (χ4v) is 3.47. The molecule has 0 aliphatic heterocycles. The zero-order valence-electron chi connectivity index (χ0n) is 12.4. The van der Waals surface area contributed by atoms with E-state index in [0.29, 0.717) is 0 Å². The molecule has 0 radical (unpaired) electrons. The minimum atomic E-state index is -0.122. The first-order valence-corrected chi connectivity index (χ1v) is 8.38. The number of hydrogen-bond acceptors (Lipinski definition) is 3. The summed E-state index contributed by atoms with van der Waals surface area (Å²) < 4.78 is 2.19. The number of fused-ring (bicyclic) bond motifs is 1. The first-order chi connectivity index (χ1) is 10.1. The number of hydrogen-bond donors (Lipinski definition) is 0. The molecule has 3 rings (SSSR count). The summed E-state index contributed by atoms with van der Waals surface area (Å²) in [6, 6.07) is 6.34. The van der Waals surface area contributed by atoms with Gasteiger partial charge in [-0.2, -0.15) is 0 Å². The maximum atomic E-state index is 6.32. The Hall–Kier alpha value is -1.39. The molecule has 3 aromatic rings. The van der Waals surface area contributed by atoms with Gasteiger partial charge in [-0.15, -0.1) is 22.9 Å². The van der Waals surface area contributed by atoms with Gasteiger partial charge < -0.3 is 4.57 Å². The quantitative estimate of drug-likeness (QED) is 0.652. The Kier molecular flexibility index (Phi) is 4.00. The largest absolute Gasteiger partial charge is 0.320 e. The van der Waals surface area contributed by atoms with E-state index in [0.717, 1.165) is 34.8 Å². The lowest BCUT2D eigenvalue weighted by atomic mass is 10.2. The Morgan fingerprint density at radius 2 is 2.19 bits per heavy atom. The van der Waals surface area contributed by atoms with Crippen LogP contribution in [0.5, 0.6) is 0 Å². The molecule has 21 heavy (non-hydrogen) atoms. The average molecular weight is 320 g/mol. The number of rotatable bonds is 4. The van der Waals surface area contributed by atoms with Gasteiger partial charge in [-0.1, -0.05) is 13.0 Å². The van der Waals surface area contributed by atoms with Gasteiger partial charge in [0.05, 0.1) is 23.0 Å². The molecule has 1 aromatic carbocycles. The van der Waals surface area contributed by atoms with Crippen molar-refractivity contribution in [2.24, 2.45) is 0 Å². The van der Waals surface area contributed by atoms with Crippen molar-refractivity contribution in [2.45, 2.75) is 39.1 Å². The van der Waals surface area contributed by atoms with Gasteiger partial charge in [0.1, 0.15) is 10.8 Å². The first kappa shape index (κ1) is 14.5. The molecule has 0 bridgehead atoms. The Bertz CT molecular complexity index is 773. The van der Waals surface area contributed by atoms with Crippen molar-refractivity contribution in [2.75, 3.05) is 0 Å². The molecule has 1 atom stereocenters. The van der Waals surface area contributed by atoms with Gasteiger partial charge in [-0.05, 0) is 38.0 Å². The van der Waals surface area contributed by atoms with E-state index in [4.69, 9.17) is 16.6 Å². The lowest BCUT2D eigenvalue weighted by Gasteiger charge is -2.08. The number of aromatic nitrogens is 3. The van der Waals surface area contributed by atoms with Crippen LogP contribution in [0.3, 0.4) is 0 Å². The number of benzene rings is 1. The molecular formula is C16H18ClN3S. The number of nitrogens with zero attached hydrogens (tertiary/aromatic N) is 3. The number of imidazole rings is 1. The van der Waals surface area contributed by atoms with Crippen molar-refractivity contribution < 1.29 is 0 Å². The molecule has 0 spiro atoms. The second-order valence-corrected chi connectivity index (χ2v) is 7.09. The molecule has 1 unspecified atom stereocenters. The van der Waals surface area contributed by atoms with E-state index in [-0.39, 0.29) is 5.38 Å². The molecule has 0 amide bonds. The van der Waals surface area contributed by atoms with Crippen LogP contribution < -0.4 is 0 Å². The standard InChI is InChI=1S/C16H18ClN3S/c1-4-12-8-18-15(21-12)9-20-14-6-5-10(2)7-13(14)19-16(20)11(3)17/h5-8,11H,4,9H2,1-3H3. The minimum Gasteiger partial charge on any atom is -0.320 e. The lowest BCUT2D eigenvalue weighted by Crippen LogP contribution is -2.05. The summed E-state index contributed by atoms with van der Waals surface area (Å²) in [6.07, 6.45) is 2.99. The normalized spacial score (nSPS) is 13.0. The third kappa shape index (κ3) is 2.83.